The molecule has 0 aromatic heterocycles. The Bertz CT molecular complexity index is 1670. The number of allylic oxidation sites excluding steroid dienone is 2. The van der Waals surface area contributed by atoms with Crippen LogP contribution < -0.4 is 0 Å². The second kappa shape index (κ2) is 17.6. The van der Waals surface area contributed by atoms with Crippen molar-refractivity contribution in [3.8, 4) is 0 Å². The third kappa shape index (κ3) is 7.78. The van der Waals surface area contributed by atoms with Crippen molar-refractivity contribution in [2.75, 3.05) is 19.8 Å². The van der Waals surface area contributed by atoms with Crippen LogP contribution in [0.3, 0.4) is 0 Å². The SMILES string of the molecule is CCCCCCOC(=O)[C@@]1(C)CC[C@]2(C)CC[C@]3(C)C(=CC(=O)[C@@H]4[C@@]5(C)CC[C@H](O[C@@H]6O[C@H](CO)[C@@H](O[C@@H]7O[C@H](CO)[C@H](O)[C@H](O)[C@H]7O)[C@H](O)[C@H]6O)C(C)(C)[C@@H]5CC[C@]43C)[C@@H]2C1. The number of aliphatic hydroxyl groups excluding tert-OH is 7. The highest BCUT2D eigenvalue weighted by Crippen LogP contribution is 2.75. The molecule has 62 heavy (non-hydrogen) atoms. The Labute approximate surface area is 368 Å². The molecule has 14 nitrogen and oxygen atoms in total. The zero-order valence-electron chi connectivity index (χ0n) is 38.5. The zero-order chi connectivity index (χ0) is 45.4. The quantitative estimate of drug-likeness (QED) is 0.0834. The van der Waals surface area contributed by atoms with Crippen LogP contribution >= 0.6 is 0 Å². The molecule has 14 heteroatoms. The fourth-order valence-electron chi connectivity index (χ4n) is 14.3. The molecule has 0 radical (unpaired) electrons. The average molecular weight is 879 g/mol. The molecule has 0 amide bonds. The summed E-state index contributed by atoms with van der Waals surface area (Å²) in [5.41, 5.74) is -0.756. The van der Waals surface area contributed by atoms with Gasteiger partial charge in [-0.15, -0.1) is 0 Å². The van der Waals surface area contributed by atoms with Crippen LogP contribution in [0.2, 0.25) is 0 Å². The van der Waals surface area contributed by atoms with E-state index >= 15 is 4.79 Å². The first-order valence-corrected chi connectivity index (χ1v) is 23.7. The second-order valence-corrected chi connectivity index (χ2v) is 22.4. The van der Waals surface area contributed by atoms with Crippen LogP contribution in [0.15, 0.2) is 11.6 Å². The summed E-state index contributed by atoms with van der Waals surface area (Å²) < 4.78 is 29.8. The molecule has 0 unspecified atom stereocenters. The molecular formula is C48H78O14. The van der Waals surface area contributed by atoms with Gasteiger partial charge in [-0.05, 0) is 116 Å². The molecule has 0 aromatic rings. The van der Waals surface area contributed by atoms with Gasteiger partial charge in [0.1, 0.15) is 48.8 Å². The predicted octanol–water partition coefficient (Wildman–Crippen LogP) is 4.10. The lowest BCUT2D eigenvalue weighted by atomic mass is 9.33. The smallest absolute Gasteiger partial charge is 0.311 e. The van der Waals surface area contributed by atoms with Crippen molar-refractivity contribution in [3.63, 3.8) is 0 Å². The summed E-state index contributed by atoms with van der Waals surface area (Å²) in [4.78, 5) is 28.8. The van der Waals surface area contributed by atoms with Crippen molar-refractivity contribution in [1.82, 2.24) is 0 Å². The molecule has 7 aliphatic rings. The lowest BCUT2D eigenvalue weighted by molar-refractivity contribution is -0.368. The summed E-state index contributed by atoms with van der Waals surface area (Å²) >= 11 is 0. The first kappa shape index (κ1) is 48.4. The van der Waals surface area contributed by atoms with E-state index in [0.717, 1.165) is 64.2 Å². The molecule has 0 aromatic carbocycles. The number of hydrogen-bond acceptors (Lipinski definition) is 14. The molecule has 2 aliphatic heterocycles. The second-order valence-electron chi connectivity index (χ2n) is 22.4. The van der Waals surface area contributed by atoms with Gasteiger partial charge in [-0.2, -0.15) is 0 Å². The number of esters is 1. The molecular weight excluding hydrogens is 801 g/mol. The molecule has 7 N–H and O–H groups in total. The Morgan fingerprint density at radius 3 is 2.06 bits per heavy atom. The van der Waals surface area contributed by atoms with Crippen LogP contribution in [0.25, 0.3) is 0 Å². The number of ether oxygens (including phenoxy) is 5. The van der Waals surface area contributed by atoms with Gasteiger partial charge in [0, 0.05) is 5.92 Å². The van der Waals surface area contributed by atoms with E-state index in [2.05, 4.69) is 55.4 Å². The standard InChI is InChI=1S/C48H78O14/c1-9-10-11-12-21-58-42(57)45(5)18-17-44(4)19-20-47(7)26(27(44)23-45)22-28(51)39-46(6)15-14-32(43(2,3)31(46)13-16-48(39,47)8)61-40-37(56)35(54)38(30(25-50)60-40)62-41-36(55)34(53)33(52)29(24-49)59-41/h22,27,29-41,49-50,52-56H,9-21,23-25H2,1-8H3/t27-,29+,30+,31-,32-,33-,34-,35+,36+,37+,38+,39+,40-,41-,44+,45-,46-,47+,48+/m0/s1. The minimum Gasteiger partial charge on any atom is -0.465 e. The molecule has 7 rings (SSSR count). The number of hydrogen-bond donors (Lipinski definition) is 7. The van der Waals surface area contributed by atoms with Gasteiger partial charge in [-0.1, -0.05) is 73.3 Å². The minimum atomic E-state index is -1.76. The lowest BCUT2D eigenvalue weighted by Gasteiger charge is -2.70. The van der Waals surface area contributed by atoms with E-state index in [1.165, 1.54) is 5.57 Å². The largest absolute Gasteiger partial charge is 0.465 e. The first-order chi connectivity index (χ1) is 29.1. The third-order valence-corrected chi connectivity index (χ3v) is 18.5. The lowest BCUT2D eigenvalue weighted by Crippen LogP contribution is -2.67. The van der Waals surface area contributed by atoms with Crippen molar-refractivity contribution in [3.05, 3.63) is 11.6 Å². The normalized spacial score (nSPS) is 50.0. The van der Waals surface area contributed by atoms with Crippen molar-refractivity contribution in [1.29, 1.82) is 0 Å². The molecule has 2 saturated heterocycles. The van der Waals surface area contributed by atoms with Gasteiger partial charge in [0.15, 0.2) is 18.4 Å². The maximum atomic E-state index is 15.0. The van der Waals surface area contributed by atoms with Crippen molar-refractivity contribution < 1.29 is 69.0 Å². The number of carbonyl (C=O) groups is 2. The summed E-state index contributed by atoms with van der Waals surface area (Å²) in [6.07, 6.45) is -2.12. The van der Waals surface area contributed by atoms with E-state index < -0.39 is 91.6 Å². The van der Waals surface area contributed by atoms with E-state index in [1.807, 2.05) is 6.08 Å². The highest BCUT2D eigenvalue weighted by atomic mass is 16.7. The molecule has 0 bridgehead atoms. The molecule has 0 spiro atoms. The summed E-state index contributed by atoms with van der Waals surface area (Å²) in [6, 6.07) is 0. The number of carbonyl (C=O) groups excluding carboxylic acids is 2. The Balaban J connectivity index is 1.07. The number of ketones is 1. The van der Waals surface area contributed by atoms with E-state index in [-0.39, 0.29) is 51.2 Å². The summed E-state index contributed by atoms with van der Waals surface area (Å²) in [6.45, 7) is 17.1. The Hall–Kier alpha value is -1.56. The number of rotatable bonds is 12. The Morgan fingerprint density at radius 2 is 1.39 bits per heavy atom. The molecule has 2 heterocycles. The van der Waals surface area contributed by atoms with E-state index in [9.17, 15) is 40.5 Å². The van der Waals surface area contributed by atoms with Gasteiger partial charge in [0.2, 0.25) is 0 Å². The van der Waals surface area contributed by atoms with Gasteiger partial charge in [0.25, 0.3) is 0 Å². The van der Waals surface area contributed by atoms with E-state index in [0.29, 0.717) is 25.9 Å². The maximum absolute atomic E-state index is 15.0. The molecule has 19 atom stereocenters. The van der Waals surface area contributed by atoms with E-state index in [4.69, 9.17) is 23.7 Å². The van der Waals surface area contributed by atoms with Crippen molar-refractivity contribution in [2.24, 2.45) is 50.2 Å². The third-order valence-electron chi connectivity index (χ3n) is 18.5. The highest BCUT2D eigenvalue weighted by Gasteiger charge is 2.71. The van der Waals surface area contributed by atoms with Crippen LogP contribution in [0.4, 0.5) is 0 Å². The van der Waals surface area contributed by atoms with Gasteiger partial charge in [0.05, 0.1) is 31.3 Å². The van der Waals surface area contributed by atoms with Crippen molar-refractivity contribution >= 4 is 11.8 Å². The molecule has 6 fully saturated rings. The zero-order valence-corrected chi connectivity index (χ0v) is 38.5. The monoisotopic (exact) mass is 879 g/mol. The number of unbranched alkanes of at least 4 members (excludes halogenated alkanes) is 3. The fourth-order valence-corrected chi connectivity index (χ4v) is 14.3. The van der Waals surface area contributed by atoms with Gasteiger partial charge in [-0.25, -0.2) is 0 Å². The van der Waals surface area contributed by atoms with Crippen molar-refractivity contribution in [2.45, 2.75) is 206 Å². The Morgan fingerprint density at radius 1 is 0.742 bits per heavy atom. The van der Waals surface area contributed by atoms with Gasteiger partial charge < -0.3 is 59.4 Å². The summed E-state index contributed by atoms with van der Waals surface area (Å²) in [5, 5.41) is 73.8. The van der Waals surface area contributed by atoms with Crippen LogP contribution in [-0.4, -0.2) is 135 Å². The Kier molecular flexibility index (Phi) is 13.7. The topological polar surface area (TPSA) is 222 Å². The summed E-state index contributed by atoms with van der Waals surface area (Å²) in [7, 11) is 0. The van der Waals surface area contributed by atoms with Crippen LogP contribution in [0.1, 0.15) is 139 Å². The van der Waals surface area contributed by atoms with E-state index in [1.54, 1.807) is 0 Å². The number of aliphatic hydroxyl groups is 7. The van der Waals surface area contributed by atoms with Crippen LogP contribution in [-0.2, 0) is 33.3 Å². The number of fused-ring (bicyclic) bond motifs is 7. The van der Waals surface area contributed by atoms with Gasteiger partial charge >= 0.3 is 5.97 Å². The summed E-state index contributed by atoms with van der Waals surface area (Å²) in [5.74, 6) is 0.0333. The molecule has 4 saturated carbocycles. The predicted molar refractivity (Wildman–Crippen MR) is 226 cm³/mol. The average Bonchev–Trinajstić information content (AvgIpc) is 3.22. The maximum Gasteiger partial charge on any atom is 0.311 e. The van der Waals surface area contributed by atoms with Crippen LogP contribution in [0.5, 0.6) is 0 Å². The first-order valence-electron chi connectivity index (χ1n) is 23.7. The molecule has 354 valence electrons. The van der Waals surface area contributed by atoms with Gasteiger partial charge in [-0.3, -0.25) is 9.59 Å². The highest BCUT2D eigenvalue weighted by molar-refractivity contribution is 5.95. The minimum absolute atomic E-state index is 0.00861. The van der Waals surface area contributed by atoms with Crippen LogP contribution in [0, 0.1) is 50.2 Å². The fraction of sp³-hybridized carbons (Fsp3) is 0.917. The molecule has 5 aliphatic carbocycles.